The maximum atomic E-state index is 13.3. The van der Waals surface area contributed by atoms with E-state index in [0.717, 1.165) is 6.20 Å². The Labute approximate surface area is 144 Å². The van der Waals surface area contributed by atoms with Crippen LogP contribution in [0.1, 0.15) is 19.4 Å². The standard InChI is InChI=1S/C17H20F3N3O2/c1-11(2)10-25-16-21-9-14(17(18,19)20)15(22-16)23(3)12-5-7-13(24-4)8-6-12/h5-9,11H,10H2,1-4H3. The van der Waals surface area contributed by atoms with Gasteiger partial charge < -0.3 is 14.4 Å². The lowest BCUT2D eigenvalue weighted by Gasteiger charge is -2.23. The second kappa shape index (κ2) is 7.58. The normalized spacial score (nSPS) is 11.5. The van der Waals surface area contributed by atoms with Crippen molar-refractivity contribution in [2.45, 2.75) is 20.0 Å². The van der Waals surface area contributed by atoms with Gasteiger partial charge in [0.2, 0.25) is 0 Å². The maximum absolute atomic E-state index is 13.3. The molecule has 2 rings (SSSR count). The molecule has 5 nitrogen and oxygen atoms in total. The van der Waals surface area contributed by atoms with Gasteiger partial charge in [0, 0.05) is 18.9 Å². The molecule has 0 bridgehead atoms. The predicted octanol–water partition coefficient (Wildman–Crippen LogP) is 4.31. The summed E-state index contributed by atoms with van der Waals surface area (Å²) in [6.45, 7) is 4.17. The Hall–Kier alpha value is -2.51. The van der Waals surface area contributed by atoms with E-state index in [1.807, 2.05) is 13.8 Å². The Balaban J connectivity index is 2.41. The quantitative estimate of drug-likeness (QED) is 0.773. The first kappa shape index (κ1) is 18.8. The smallest absolute Gasteiger partial charge is 0.421 e. The summed E-state index contributed by atoms with van der Waals surface area (Å²) in [4.78, 5) is 8.99. The summed E-state index contributed by atoms with van der Waals surface area (Å²) in [5, 5.41) is 0. The summed E-state index contributed by atoms with van der Waals surface area (Å²) in [5.41, 5.74) is -0.400. The van der Waals surface area contributed by atoms with E-state index < -0.39 is 11.7 Å². The van der Waals surface area contributed by atoms with Crippen molar-refractivity contribution in [3.8, 4) is 11.8 Å². The number of methoxy groups -OCH3 is 1. The van der Waals surface area contributed by atoms with Crippen molar-refractivity contribution in [3.63, 3.8) is 0 Å². The highest BCUT2D eigenvalue weighted by atomic mass is 19.4. The second-order valence-electron chi connectivity index (χ2n) is 5.85. The molecule has 0 saturated carbocycles. The fourth-order valence-corrected chi connectivity index (χ4v) is 2.05. The van der Waals surface area contributed by atoms with Gasteiger partial charge in [0.05, 0.1) is 13.7 Å². The molecule has 0 aliphatic heterocycles. The lowest BCUT2D eigenvalue weighted by atomic mass is 10.2. The van der Waals surface area contributed by atoms with Crippen LogP contribution in [0.5, 0.6) is 11.8 Å². The van der Waals surface area contributed by atoms with Crippen LogP contribution < -0.4 is 14.4 Å². The van der Waals surface area contributed by atoms with Crippen LogP contribution >= 0.6 is 0 Å². The van der Waals surface area contributed by atoms with Crippen LogP contribution in [0, 0.1) is 5.92 Å². The van der Waals surface area contributed by atoms with Gasteiger partial charge in [-0.3, -0.25) is 0 Å². The number of alkyl halides is 3. The molecule has 8 heteroatoms. The third-order valence-electron chi connectivity index (χ3n) is 3.38. The topological polar surface area (TPSA) is 47.5 Å². The van der Waals surface area contributed by atoms with E-state index in [2.05, 4.69) is 9.97 Å². The second-order valence-corrected chi connectivity index (χ2v) is 5.85. The zero-order valence-electron chi connectivity index (χ0n) is 14.5. The van der Waals surface area contributed by atoms with E-state index in [1.54, 1.807) is 24.3 Å². The molecule has 0 fully saturated rings. The molecule has 0 atom stereocenters. The zero-order valence-corrected chi connectivity index (χ0v) is 14.5. The lowest BCUT2D eigenvalue weighted by molar-refractivity contribution is -0.137. The number of anilines is 2. The minimum absolute atomic E-state index is 0.0861. The van der Waals surface area contributed by atoms with Crippen LogP contribution in [0.3, 0.4) is 0 Å². The molecular formula is C17H20F3N3O2. The van der Waals surface area contributed by atoms with E-state index in [4.69, 9.17) is 9.47 Å². The number of hydrogen-bond acceptors (Lipinski definition) is 5. The summed E-state index contributed by atoms with van der Waals surface area (Å²) >= 11 is 0. The molecule has 1 heterocycles. The minimum Gasteiger partial charge on any atom is -0.497 e. The Morgan fingerprint density at radius 2 is 1.80 bits per heavy atom. The molecule has 0 unspecified atom stereocenters. The molecule has 1 aromatic heterocycles. The van der Waals surface area contributed by atoms with Crippen molar-refractivity contribution in [3.05, 3.63) is 36.0 Å². The first-order valence-corrected chi connectivity index (χ1v) is 7.67. The molecule has 0 N–H and O–H groups in total. The summed E-state index contributed by atoms with van der Waals surface area (Å²) in [5.74, 6) is 0.539. The van der Waals surface area contributed by atoms with Gasteiger partial charge in [0.25, 0.3) is 0 Å². The first-order valence-electron chi connectivity index (χ1n) is 7.67. The largest absolute Gasteiger partial charge is 0.497 e. The Bertz CT molecular complexity index is 703. The molecule has 1 aromatic carbocycles. The Morgan fingerprint density at radius 1 is 1.16 bits per heavy atom. The molecular weight excluding hydrogens is 335 g/mol. The van der Waals surface area contributed by atoms with Gasteiger partial charge in [-0.15, -0.1) is 0 Å². The van der Waals surface area contributed by atoms with Crippen LogP contribution in [-0.4, -0.2) is 30.7 Å². The van der Waals surface area contributed by atoms with E-state index in [1.165, 1.54) is 19.1 Å². The van der Waals surface area contributed by atoms with Gasteiger partial charge in [0.1, 0.15) is 11.3 Å². The summed E-state index contributed by atoms with van der Waals surface area (Å²) in [7, 11) is 3.02. The highest BCUT2D eigenvalue weighted by molar-refractivity contribution is 5.63. The lowest BCUT2D eigenvalue weighted by Crippen LogP contribution is -2.19. The SMILES string of the molecule is COc1ccc(N(C)c2nc(OCC(C)C)ncc2C(F)(F)F)cc1. The summed E-state index contributed by atoms with van der Waals surface area (Å²) < 4.78 is 50.4. The Morgan fingerprint density at radius 3 is 2.32 bits per heavy atom. The van der Waals surface area contributed by atoms with E-state index >= 15 is 0 Å². The monoisotopic (exact) mass is 355 g/mol. The van der Waals surface area contributed by atoms with Crippen LogP contribution in [-0.2, 0) is 6.18 Å². The van der Waals surface area contributed by atoms with Gasteiger partial charge in [-0.2, -0.15) is 18.2 Å². The molecule has 0 spiro atoms. The molecule has 0 aliphatic carbocycles. The average molecular weight is 355 g/mol. The Kier molecular flexibility index (Phi) is 5.71. The van der Waals surface area contributed by atoms with Crippen LogP contribution in [0.25, 0.3) is 0 Å². The van der Waals surface area contributed by atoms with Crippen LogP contribution in [0.4, 0.5) is 24.7 Å². The number of rotatable bonds is 6. The van der Waals surface area contributed by atoms with E-state index in [9.17, 15) is 13.2 Å². The van der Waals surface area contributed by atoms with Crippen LogP contribution in [0.15, 0.2) is 30.5 Å². The highest BCUT2D eigenvalue weighted by Crippen LogP contribution is 2.37. The van der Waals surface area contributed by atoms with Crippen molar-refractivity contribution >= 4 is 11.5 Å². The number of ether oxygens (including phenoxy) is 2. The van der Waals surface area contributed by atoms with Crippen molar-refractivity contribution in [2.24, 2.45) is 5.92 Å². The van der Waals surface area contributed by atoms with Crippen molar-refractivity contribution in [1.29, 1.82) is 0 Å². The van der Waals surface area contributed by atoms with E-state index in [-0.39, 0.29) is 17.7 Å². The summed E-state index contributed by atoms with van der Waals surface area (Å²) in [6.07, 6.45) is -3.83. The van der Waals surface area contributed by atoms with E-state index in [0.29, 0.717) is 18.0 Å². The number of aromatic nitrogens is 2. The number of halogens is 3. The van der Waals surface area contributed by atoms with Gasteiger partial charge in [0.15, 0.2) is 5.82 Å². The van der Waals surface area contributed by atoms with Gasteiger partial charge in [-0.05, 0) is 30.2 Å². The maximum Gasteiger partial charge on any atom is 0.421 e. The molecule has 0 radical (unpaired) electrons. The average Bonchev–Trinajstić information content (AvgIpc) is 2.58. The molecule has 0 aliphatic rings. The fourth-order valence-electron chi connectivity index (χ4n) is 2.05. The first-order chi connectivity index (χ1) is 11.7. The number of nitrogens with zero attached hydrogens (tertiary/aromatic N) is 3. The molecule has 25 heavy (non-hydrogen) atoms. The molecule has 0 amide bonds. The highest BCUT2D eigenvalue weighted by Gasteiger charge is 2.36. The van der Waals surface area contributed by atoms with Gasteiger partial charge in [-0.1, -0.05) is 13.8 Å². The number of benzene rings is 1. The number of hydrogen-bond donors (Lipinski definition) is 0. The van der Waals surface area contributed by atoms with Crippen LogP contribution in [0.2, 0.25) is 0 Å². The molecule has 0 saturated heterocycles. The molecule has 136 valence electrons. The fraction of sp³-hybridized carbons (Fsp3) is 0.412. The van der Waals surface area contributed by atoms with Gasteiger partial charge >= 0.3 is 12.2 Å². The zero-order chi connectivity index (χ0) is 18.6. The van der Waals surface area contributed by atoms with Crippen molar-refractivity contribution < 1.29 is 22.6 Å². The van der Waals surface area contributed by atoms with Crippen molar-refractivity contribution in [1.82, 2.24) is 9.97 Å². The minimum atomic E-state index is -4.58. The summed E-state index contributed by atoms with van der Waals surface area (Å²) in [6, 6.07) is 6.54. The third-order valence-corrected chi connectivity index (χ3v) is 3.38. The van der Waals surface area contributed by atoms with Crippen molar-refractivity contribution in [2.75, 3.05) is 25.7 Å². The molecule has 2 aromatic rings. The third kappa shape index (κ3) is 4.74. The van der Waals surface area contributed by atoms with Gasteiger partial charge in [-0.25, -0.2) is 4.98 Å². The predicted molar refractivity (Wildman–Crippen MR) is 88.4 cm³/mol.